The van der Waals surface area contributed by atoms with Crippen LogP contribution in [0.15, 0.2) is 36.4 Å². The van der Waals surface area contributed by atoms with Crippen molar-refractivity contribution in [2.24, 2.45) is 0 Å². The molecular weight excluding hydrogens is 278 g/mol. The number of rotatable bonds is 3. The number of fused-ring (bicyclic) bond motifs is 1. The normalized spacial score (nSPS) is 23.8. The van der Waals surface area contributed by atoms with Crippen molar-refractivity contribution in [2.75, 3.05) is 6.79 Å². The Bertz CT molecular complexity index is 611. The maximum absolute atomic E-state index is 12.2. The minimum atomic E-state index is 0.0906. The van der Waals surface area contributed by atoms with Gasteiger partial charge in [0.2, 0.25) is 12.7 Å². The monoisotopic (exact) mass is 299 g/mol. The third-order valence-corrected chi connectivity index (χ3v) is 4.24. The highest BCUT2D eigenvalue weighted by atomic mass is 16.7. The van der Waals surface area contributed by atoms with Crippen LogP contribution in [0.1, 0.15) is 32.3 Å². The fourth-order valence-electron chi connectivity index (χ4n) is 3.04. The number of allylic oxidation sites excluding steroid dienone is 2. The molecule has 1 fully saturated rings. The Morgan fingerprint density at radius 3 is 2.64 bits per heavy atom. The molecule has 2 unspecified atom stereocenters. The standard InChI is InChI=1S/C18H21NO3/c1-13-7-8-14(2)19(13)18(20)6-4-3-5-15-9-10-16-17(11-15)22-12-21-16/h3-6,9-11,13-14H,7-8,12H2,1-2H3. The lowest BCUT2D eigenvalue weighted by molar-refractivity contribution is -0.128. The first-order valence-corrected chi connectivity index (χ1v) is 7.72. The number of hydrogen-bond donors (Lipinski definition) is 0. The van der Waals surface area contributed by atoms with E-state index in [1.165, 1.54) is 0 Å². The number of likely N-dealkylation sites (tertiary alicyclic amines) is 1. The molecule has 2 aliphatic rings. The lowest BCUT2D eigenvalue weighted by Crippen LogP contribution is -2.37. The van der Waals surface area contributed by atoms with E-state index in [1.807, 2.05) is 35.3 Å². The number of benzene rings is 1. The van der Waals surface area contributed by atoms with Gasteiger partial charge in [0, 0.05) is 18.2 Å². The molecule has 0 radical (unpaired) electrons. The SMILES string of the molecule is CC1CCC(C)N1C(=O)C=CC=Cc1ccc2c(c1)OCO2. The van der Waals surface area contributed by atoms with Crippen molar-refractivity contribution in [3.63, 3.8) is 0 Å². The highest BCUT2D eigenvalue weighted by molar-refractivity contribution is 5.88. The summed E-state index contributed by atoms with van der Waals surface area (Å²) in [6.45, 7) is 4.50. The van der Waals surface area contributed by atoms with Crippen molar-refractivity contribution >= 4 is 12.0 Å². The molecule has 0 aromatic heterocycles. The van der Waals surface area contributed by atoms with Crippen LogP contribution in [0, 0.1) is 0 Å². The Balaban J connectivity index is 1.60. The van der Waals surface area contributed by atoms with E-state index in [9.17, 15) is 4.79 Å². The molecule has 1 saturated heterocycles. The van der Waals surface area contributed by atoms with Gasteiger partial charge >= 0.3 is 0 Å². The lowest BCUT2D eigenvalue weighted by atomic mass is 10.2. The van der Waals surface area contributed by atoms with E-state index in [2.05, 4.69) is 13.8 Å². The molecule has 0 spiro atoms. The number of amides is 1. The van der Waals surface area contributed by atoms with Crippen LogP contribution in [0.25, 0.3) is 6.08 Å². The zero-order valence-corrected chi connectivity index (χ0v) is 13.0. The van der Waals surface area contributed by atoms with E-state index in [-0.39, 0.29) is 12.7 Å². The summed E-state index contributed by atoms with van der Waals surface area (Å²) in [5.41, 5.74) is 1.02. The van der Waals surface area contributed by atoms with Crippen molar-refractivity contribution in [3.8, 4) is 11.5 Å². The molecular formula is C18H21NO3. The molecule has 2 aliphatic heterocycles. The molecule has 1 aromatic carbocycles. The molecule has 3 rings (SSSR count). The quantitative estimate of drug-likeness (QED) is 0.634. The first-order valence-electron chi connectivity index (χ1n) is 7.72. The van der Waals surface area contributed by atoms with Gasteiger partial charge in [-0.25, -0.2) is 0 Å². The van der Waals surface area contributed by atoms with Gasteiger partial charge in [-0.05, 0) is 44.4 Å². The summed E-state index contributed by atoms with van der Waals surface area (Å²) in [7, 11) is 0. The van der Waals surface area contributed by atoms with Gasteiger partial charge in [-0.1, -0.05) is 24.3 Å². The Kier molecular flexibility index (Phi) is 4.18. The summed E-state index contributed by atoms with van der Waals surface area (Å²) < 4.78 is 10.6. The first kappa shape index (κ1) is 14.7. The molecule has 0 aliphatic carbocycles. The molecule has 4 nitrogen and oxygen atoms in total. The van der Waals surface area contributed by atoms with Crippen LogP contribution in [0.4, 0.5) is 0 Å². The summed E-state index contributed by atoms with van der Waals surface area (Å²) in [4.78, 5) is 14.2. The second-order valence-electron chi connectivity index (χ2n) is 5.85. The third kappa shape index (κ3) is 3.01. The predicted molar refractivity (Wildman–Crippen MR) is 85.7 cm³/mol. The molecule has 116 valence electrons. The predicted octanol–water partition coefficient (Wildman–Crippen LogP) is 3.38. The summed E-state index contributed by atoms with van der Waals surface area (Å²) in [5, 5.41) is 0. The summed E-state index contributed by atoms with van der Waals surface area (Å²) in [6.07, 6.45) is 9.44. The number of ether oxygens (including phenoxy) is 2. The van der Waals surface area contributed by atoms with E-state index in [0.29, 0.717) is 12.1 Å². The van der Waals surface area contributed by atoms with E-state index >= 15 is 0 Å². The molecule has 0 bridgehead atoms. The van der Waals surface area contributed by atoms with Gasteiger partial charge in [0.05, 0.1) is 0 Å². The molecule has 2 heterocycles. The maximum atomic E-state index is 12.2. The fraction of sp³-hybridized carbons (Fsp3) is 0.389. The molecule has 0 saturated carbocycles. The van der Waals surface area contributed by atoms with Crippen molar-refractivity contribution in [1.29, 1.82) is 0 Å². The molecule has 1 aromatic rings. The van der Waals surface area contributed by atoms with E-state index < -0.39 is 0 Å². The van der Waals surface area contributed by atoms with Crippen molar-refractivity contribution in [1.82, 2.24) is 4.90 Å². The average molecular weight is 299 g/mol. The fourth-order valence-corrected chi connectivity index (χ4v) is 3.04. The van der Waals surface area contributed by atoms with E-state index in [1.54, 1.807) is 12.2 Å². The highest BCUT2D eigenvalue weighted by Crippen LogP contribution is 2.32. The number of carbonyl (C=O) groups is 1. The molecule has 4 heteroatoms. The third-order valence-electron chi connectivity index (χ3n) is 4.24. The Hall–Kier alpha value is -2.23. The molecule has 22 heavy (non-hydrogen) atoms. The summed E-state index contributed by atoms with van der Waals surface area (Å²) in [6, 6.07) is 6.46. The Morgan fingerprint density at radius 1 is 1.14 bits per heavy atom. The zero-order valence-electron chi connectivity index (χ0n) is 13.0. The van der Waals surface area contributed by atoms with Crippen molar-refractivity contribution in [3.05, 3.63) is 42.0 Å². The molecule has 2 atom stereocenters. The second-order valence-corrected chi connectivity index (χ2v) is 5.85. The van der Waals surface area contributed by atoms with Gasteiger partial charge in [-0.3, -0.25) is 4.79 Å². The highest BCUT2D eigenvalue weighted by Gasteiger charge is 2.29. The van der Waals surface area contributed by atoms with Crippen LogP contribution in [-0.4, -0.2) is 29.7 Å². The van der Waals surface area contributed by atoms with E-state index in [4.69, 9.17) is 9.47 Å². The van der Waals surface area contributed by atoms with Crippen molar-refractivity contribution in [2.45, 2.75) is 38.8 Å². The largest absolute Gasteiger partial charge is 0.454 e. The van der Waals surface area contributed by atoms with Crippen LogP contribution in [0.2, 0.25) is 0 Å². The lowest BCUT2D eigenvalue weighted by Gasteiger charge is -2.24. The molecule has 1 amide bonds. The van der Waals surface area contributed by atoms with Crippen molar-refractivity contribution < 1.29 is 14.3 Å². The molecule has 0 N–H and O–H groups in total. The summed E-state index contributed by atoms with van der Waals surface area (Å²) >= 11 is 0. The Morgan fingerprint density at radius 2 is 1.86 bits per heavy atom. The minimum Gasteiger partial charge on any atom is -0.454 e. The van der Waals surface area contributed by atoms with Gasteiger partial charge in [-0.15, -0.1) is 0 Å². The number of carbonyl (C=O) groups excluding carboxylic acids is 1. The van der Waals surface area contributed by atoms with Crippen LogP contribution >= 0.6 is 0 Å². The number of nitrogens with zero attached hydrogens (tertiary/aromatic N) is 1. The topological polar surface area (TPSA) is 38.8 Å². The maximum Gasteiger partial charge on any atom is 0.247 e. The first-order chi connectivity index (χ1) is 10.6. The van der Waals surface area contributed by atoms with Gasteiger partial charge < -0.3 is 14.4 Å². The minimum absolute atomic E-state index is 0.0906. The van der Waals surface area contributed by atoms with E-state index in [0.717, 1.165) is 29.9 Å². The van der Waals surface area contributed by atoms with Gasteiger partial charge in [0.25, 0.3) is 0 Å². The van der Waals surface area contributed by atoms with Crippen LogP contribution in [0.3, 0.4) is 0 Å². The van der Waals surface area contributed by atoms with Crippen LogP contribution in [0.5, 0.6) is 11.5 Å². The van der Waals surface area contributed by atoms with Gasteiger partial charge in [0.1, 0.15) is 0 Å². The zero-order chi connectivity index (χ0) is 15.5. The van der Waals surface area contributed by atoms with Crippen LogP contribution < -0.4 is 9.47 Å². The van der Waals surface area contributed by atoms with Gasteiger partial charge in [-0.2, -0.15) is 0 Å². The van der Waals surface area contributed by atoms with Crippen LogP contribution in [-0.2, 0) is 4.79 Å². The number of hydrogen-bond acceptors (Lipinski definition) is 3. The van der Waals surface area contributed by atoms with Gasteiger partial charge in [0.15, 0.2) is 11.5 Å². The summed E-state index contributed by atoms with van der Waals surface area (Å²) in [5.74, 6) is 1.63. The average Bonchev–Trinajstić information content (AvgIpc) is 3.09. The Labute approximate surface area is 131 Å². The smallest absolute Gasteiger partial charge is 0.247 e. The second kappa shape index (κ2) is 6.26.